The fourth-order valence-corrected chi connectivity index (χ4v) is 3.82. The summed E-state index contributed by atoms with van der Waals surface area (Å²) in [5.74, 6) is 0.746. The number of aromatic nitrogens is 1. The molecule has 2 N–H and O–H groups in total. The largest absolute Gasteiger partial charge is 0.490 e. The molecule has 0 saturated carbocycles. The highest BCUT2D eigenvalue weighted by Crippen LogP contribution is 2.27. The summed E-state index contributed by atoms with van der Waals surface area (Å²) in [7, 11) is 0. The molecule has 2 aromatic heterocycles. The van der Waals surface area contributed by atoms with E-state index in [0.717, 1.165) is 22.4 Å². The number of hydrogen-bond donors (Lipinski definition) is 2. The number of ketones is 1. The summed E-state index contributed by atoms with van der Waals surface area (Å²) in [6.45, 7) is 4.67. The Kier molecular flexibility index (Phi) is 8.00. The Bertz CT molecular complexity index is 1280. The first-order valence-corrected chi connectivity index (χ1v) is 12.1. The minimum absolute atomic E-state index is 0.000398. The third-order valence-corrected chi connectivity index (χ3v) is 6.00. The molecule has 0 aliphatic carbocycles. The van der Waals surface area contributed by atoms with Crippen LogP contribution in [0.5, 0.6) is 5.75 Å². The van der Waals surface area contributed by atoms with Crippen LogP contribution in [0.3, 0.4) is 0 Å². The number of pyridine rings is 1. The lowest BCUT2D eigenvalue weighted by Gasteiger charge is -2.24. The topological polar surface area (TPSA) is 102 Å². The van der Waals surface area contributed by atoms with Crippen LogP contribution in [0, 0.1) is 5.92 Å². The number of hydrogen-bond acceptors (Lipinski definition) is 6. The zero-order chi connectivity index (χ0) is 25.5. The average molecular weight is 487 g/mol. The van der Waals surface area contributed by atoms with Crippen LogP contribution in [0.1, 0.15) is 43.5 Å². The van der Waals surface area contributed by atoms with Crippen molar-refractivity contribution in [1.29, 1.82) is 0 Å². The molecule has 36 heavy (non-hydrogen) atoms. The lowest BCUT2D eigenvalue weighted by atomic mass is 10.0. The first-order chi connectivity index (χ1) is 17.4. The highest BCUT2D eigenvalue weighted by atomic mass is 16.5. The Hall–Kier alpha value is -4.13. The fraction of sp³-hybridized carbons (Fsp3) is 0.276. The molecule has 4 aromatic rings. The lowest BCUT2D eigenvalue weighted by molar-refractivity contribution is -0.137. The van der Waals surface area contributed by atoms with Gasteiger partial charge in [-0.15, -0.1) is 0 Å². The van der Waals surface area contributed by atoms with E-state index in [4.69, 9.17) is 14.3 Å². The van der Waals surface area contributed by atoms with Crippen LogP contribution in [-0.4, -0.2) is 34.5 Å². The molecule has 0 spiro atoms. The number of rotatable bonds is 12. The Morgan fingerprint density at radius 2 is 1.81 bits per heavy atom. The number of para-hydroxylation sites is 1. The molecule has 7 heteroatoms. The van der Waals surface area contributed by atoms with Crippen molar-refractivity contribution in [3.8, 4) is 17.2 Å². The molecule has 0 unspecified atom stereocenters. The number of aliphatic carboxylic acids is 1. The minimum atomic E-state index is -0.887. The highest BCUT2D eigenvalue weighted by molar-refractivity contribution is 5.96. The molecule has 0 aliphatic heterocycles. The van der Waals surface area contributed by atoms with Crippen LogP contribution in [-0.2, 0) is 4.79 Å². The summed E-state index contributed by atoms with van der Waals surface area (Å²) in [5.41, 5.74) is 3.04. The number of carboxylic acid groups (broad SMARTS) is 1. The van der Waals surface area contributed by atoms with Gasteiger partial charge in [0.1, 0.15) is 23.6 Å². The number of fused-ring (bicyclic) bond motifs is 1. The molecule has 0 amide bonds. The SMILES string of the molecule is CC(C)[C@@H](COc1ccc(-c2cc3ccccc3o2)nc1)Nc1ccc(C(=O)CCCC(=O)O)cc1. The van der Waals surface area contributed by atoms with Crippen molar-refractivity contribution in [2.45, 2.75) is 39.2 Å². The van der Waals surface area contributed by atoms with Gasteiger partial charge in [0.25, 0.3) is 0 Å². The van der Waals surface area contributed by atoms with Crippen LogP contribution in [0.25, 0.3) is 22.4 Å². The molecule has 1 atom stereocenters. The van der Waals surface area contributed by atoms with E-state index in [1.807, 2.05) is 54.6 Å². The first-order valence-electron chi connectivity index (χ1n) is 12.1. The Labute approximate surface area is 210 Å². The first kappa shape index (κ1) is 25.0. The van der Waals surface area contributed by atoms with Gasteiger partial charge in [0.05, 0.1) is 12.2 Å². The molecule has 2 aromatic carbocycles. The predicted molar refractivity (Wildman–Crippen MR) is 139 cm³/mol. The van der Waals surface area contributed by atoms with Gasteiger partial charge < -0.3 is 19.6 Å². The van der Waals surface area contributed by atoms with Gasteiger partial charge in [0.2, 0.25) is 0 Å². The molecule has 4 rings (SSSR count). The summed E-state index contributed by atoms with van der Waals surface area (Å²) in [6, 6.07) is 20.9. The van der Waals surface area contributed by atoms with Crippen molar-refractivity contribution < 1.29 is 23.8 Å². The zero-order valence-electron chi connectivity index (χ0n) is 20.4. The zero-order valence-corrected chi connectivity index (χ0v) is 20.4. The van der Waals surface area contributed by atoms with E-state index in [2.05, 4.69) is 24.1 Å². The van der Waals surface area contributed by atoms with Gasteiger partial charge in [0.15, 0.2) is 11.5 Å². The maximum Gasteiger partial charge on any atom is 0.303 e. The molecule has 0 bridgehead atoms. The molecule has 0 radical (unpaired) electrons. The van der Waals surface area contributed by atoms with Crippen molar-refractivity contribution in [3.05, 3.63) is 78.5 Å². The molecular formula is C29H30N2O5. The number of Topliss-reactive ketones (excluding diaryl/α,β-unsaturated/α-hetero) is 1. The number of ether oxygens (including phenoxy) is 1. The summed E-state index contributed by atoms with van der Waals surface area (Å²) < 4.78 is 11.9. The highest BCUT2D eigenvalue weighted by Gasteiger charge is 2.16. The van der Waals surface area contributed by atoms with E-state index in [1.54, 1.807) is 18.3 Å². The quantitative estimate of drug-likeness (QED) is 0.222. The number of nitrogens with zero attached hydrogens (tertiary/aromatic N) is 1. The van der Waals surface area contributed by atoms with Crippen LogP contribution in [0.15, 0.2) is 77.3 Å². The van der Waals surface area contributed by atoms with Crippen molar-refractivity contribution in [3.63, 3.8) is 0 Å². The monoisotopic (exact) mass is 486 g/mol. The second-order valence-corrected chi connectivity index (χ2v) is 9.08. The number of nitrogens with one attached hydrogen (secondary N) is 1. The van der Waals surface area contributed by atoms with Gasteiger partial charge in [-0.3, -0.25) is 9.59 Å². The third-order valence-electron chi connectivity index (χ3n) is 6.00. The van der Waals surface area contributed by atoms with Gasteiger partial charge in [-0.1, -0.05) is 32.0 Å². The minimum Gasteiger partial charge on any atom is -0.490 e. The van der Waals surface area contributed by atoms with E-state index in [9.17, 15) is 9.59 Å². The van der Waals surface area contributed by atoms with Crippen molar-refractivity contribution >= 4 is 28.4 Å². The van der Waals surface area contributed by atoms with Crippen LogP contribution in [0.2, 0.25) is 0 Å². The maximum absolute atomic E-state index is 12.2. The van der Waals surface area contributed by atoms with Gasteiger partial charge in [-0.25, -0.2) is 4.98 Å². The lowest BCUT2D eigenvalue weighted by Crippen LogP contribution is -2.32. The van der Waals surface area contributed by atoms with E-state index in [-0.39, 0.29) is 24.7 Å². The standard InChI is InChI=1S/C29H30N2O5/c1-19(2)25(31-22-12-10-20(11-13-22)26(32)7-5-9-29(33)34)18-35-23-14-15-24(30-17-23)28-16-21-6-3-4-8-27(21)36-28/h3-4,6,8,10-17,19,25,31H,5,7,9,18H2,1-2H3,(H,33,34)/t25-/m1/s1. The van der Waals surface area contributed by atoms with Gasteiger partial charge >= 0.3 is 5.97 Å². The molecule has 0 aliphatic rings. The number of furan rings is 1. The summed E-state index contributed by atoms with van der Waals surface area (Å²) in [5, 5.41) is 13.2. The Balaban J connectivity index is 1.32. The van der Waals surface area contributed by atoms with E-state index < -0.39 is 5.97 Å². The Morgan fingerprint density at radius 3 is 2.47 bits per heavy atom. The average Bonchev–Trinajstić information content (AvgIpc) is 3.31. The smallest absolute Gasteiger partial charge is 0.303 e. The molecule has 2 heterocycles. The van der Waals surface area contributed by atoms with E-state index in [1.165, 1.54) is 0 Å². The van der Waals surface area contributed by atoms with E-state index in [0.29, 0.717) is 36.0 Å². The Morgan fingerprint density at radius 1 is 1.03 bits per heavy atom. The summed E-state index contributed by atoms with van der Waals surface area (Å²) in [6.07, 6.45) is 2.27. The van der Waals surface area contributed by atoms with Crippen LogP contribution >= 0.6 is 0 Å². The predicted octanol–water partition coefficient (Wildman–Crippen LogP) is 6.45. The number of carbonyl (C=O) groups excluding carboxylic acids is 1. The second kappa shape index (κ2) is 11.5. The van der Waals surface area contributed by atoms with Gasteiger partial charge in [0, 0.05) is 29.5 Å². The molecule has 186 valence electrons. The van der Waals surface area contributed by atoms with E-state index >= 15 is 0 Å². The van der Waals surface area contributed by atoms with Crippen LogP contribution < -0.4 is 10.1 Å². The van der Waals surface area contributed by atoms with Crippen LogP contribution in [0.4, 0.5) is 5.69 Å². The number of carboxylic acids is 1. The van der Waals surface area contributed by atoms with Gasteiger partial charge in [-0.05, 0) is 60.9 Å². The van der Waals surface area contributed by atoms with Crippen molar-refractivity contribution in [2.75, 3.05) is 11.9 Å². The number of benzene rings is 2. The second-order valence-electron chi connectivity index (χ2n) is 9.08. The normalized spacial score (nSPS) is 12.0. The molecule has 0 fully saturated rings. The third kappa shape index (κ3) is 6.50. The number of anilines is 1. The number of carbonyl (C=O) groups is 2. The fourth-order valence-electron chi connectivity index (χ4n) is 3.82. The van der Waals surface area contributed by atoms with Crippen molar-refractivity contribution in [2.24, 2.45) is 5.92 Å². The molecular weight excluding hydrogens is 456 g/mol. The van der Waals surface area contributed by atoms with Crippen molar-refractivity contribution in [1.82, 2.24) is 4.98 Å². The summed E-state index contributed by atoms with van der Waals surface area (Å²) >= 11 is 0. The maximum atomic E-state index is 12.2. The molecule has 7 nitrogen and oxygen atoms in total. The van der Waals surface area contributed by atoms with Gasteiger partial charge in [-0.2, -0.15) is 0 Å². The summed E-state index contributed by atoms with van der Waals surface area (Å²) in [4.78, 5) is 27.4. The molecule has 0 saturated heterocycles.